The number of halogens is 1. The lowest BCUT2D eigenvalue weighted by molar-refractivity contribution is 1.39. The zero-order chi connectivity index (χ0) is 13.1. The van der Waals surface area contributed by atoms with Crippen molar-refractivity contribution in [1.82, 2.24) is 0 Å². The Balaban J connectivity index is 2.06. The average Bonchev–Trinajstić information content (AvgIpc) is 2.49. The first-order valence-corrected chi connectivity index (χ1v) is 8.12. The van der Waals surface area contributed by atoms with Crippen LogP contribution in [0, 0.1) is 0 Å². The van der Waals surface area contributed by atoms with Crippen molar-refractivity contribution in [2.24, 2.45) is 0 Å². The Hall–Kier alpha value is -1.44. The van der Waals surface area contributed by atoms with Crippen molar-refractivity contribution in [2.45, 2.75) is 9.79 Å². The van der Waals surface area contributed by atoms with Crippen LogP contribution < -0.4 is 0 Å². The van der Waals surface area contributed by atoms with E-state index in [2.05, 4.69) is 66.7 Å². The number of hydrogen-bond donors (Lipinski definition) is 0. The lowest BCUT2D eigenvalue weighted by Crippen LogP contribution is -2.04. The van der Waals surface area contributed by atoms with Crippen molar-refractivity contribution in [3.63, 3.8) is 0 Å². The second-order valence-electron chi connectivity index (χ2n) is 4.32. The largest absolute Gasteiger partial charge is 0.192 e. The Morgan fingerprint density at radius 1 is 0.684 bits per heavy atom. The first kappa shape index (κ1) is 12.6. The molecule has 0 aromatic heterocycles. The standard InChI is InChI=1S/C17H14ClS/c18-13-19(16-8-2-1-3-9-16)17-11-10-14-6-4-5-7-15(14)12-17/h1-12H,13H2/q+1. The van der Waals surface area contributed by atoms with E-state index in [1.807, 2.05) is 6.07 Å². The predicted molar refractivity (Wildman–Crippen MR) is 85.0 cm³/mol. The van der Waals surface area contributed by atoms with Crippen LogP contribution >= 0.6 is 11.6 Å². The van der Waals surface area contributed by atoms with Gasteiger partial charge in [0.25, 0.3) is 0 Å². The van der Waals surface area contributed by atoms with Gasteiger partial charge < -0.3 is 0 Å². The van der Waals surface area contributed by atoms with E-state index in [1.54, 1.807) is 0 Å². The number of alkyl halides is 1. The van der Waals surface area contributed by atoms with Gasteiger partial charge in [0, 0.05) is 6.07 Å². The number of fused-ring (bicyclic) bond motifs is 1. The van der Waals surface area contributed by atoms with Gasteiger partial charge in [-0.25, -0.2) is 0 Å². The number of benzene rings is 3. The van der Waals surface area contributed by atoms with Crippen LogP contribution in [0.1, 0.15) is 0 Å². The van der Waals surface area contributed by atoms with E-state index in [4.69, 9.17) is 11.6 Å². The predicted octanol–water partition coefficient (Wildman–Crippen LogP) is 5.07. The van der Waals surface area contributed by atoms with Crippen LogP contribution in [0.5, 0.6) is 0 Å². The maximum atomic E-state index is 6.20. The van der Waals surface area contributed by atoms with Crippen LogP contribution in [0.2, 0.25) is 0 Å². The molecule has 1 atom stereocenters. The van der Waals surface area contributed by atoms with E-state index < -0.39 is 0 Å². The molecule has 94 valence electrons. The molecule has 3 aromatic rings. The summed E-state index contributed by atoms with van der Waals surface area (Å²) >= 11 is 6.20. The first-order chi connectivity index (χ1) is 9.38. The molecule has 1 unspecified atom stereocenters. The minimum atomic E-state index is -0.0488. The highest BCUT2D eigenvalue weighted by Gasteiger charge is 2.23. The van der Waals surface area contributed by atoms with Crippen LogP contribution in [-0.2, 0) is 10.9 Å². The van der Waals surface area contributed by atoms with E-state index >= 15 is 0 Å². The van der Waals surface area contributed by atoms with Gasteiger partial charge in [0.05, 0.1) is 10.9 Å². The summed E-state index contributed by atoms with van der Waals surface area (Å²) in [6.07, 6.45) is 0. The highest BCUT2D eigenvalue weighted by atomic mass is 35.5. The molecule has 0 aliphatic carbocycles. The van der Waals surface area contributed by atoms with Crippen LogP contribution in [-0.4, -0.2) is 5.21 Å². The SMILES string of the molecule is ClC[S+](c1ccccc1)c1ccc2ccccc2c1. The molecule has 0 bridgehead atoms. The lowest BCUT2D eigenvalue weighted by Gasteiger charge is -2.06. The molecule has 0 fully saturated rings. The highest BCUT2D eigenvalue weighted by molar-refractivity contribution is 7.98. The third-order valence-electron chi connectivity index (χ3n) is 3.14. The van der Waals surface area contributed by atoms with Gasteiger partial charge in [0.2, 0.25) is 0 Å². The van der Waals surface area contributed by atoms with Crippen molar-refractivity contribution >= 4 is 33.3 Å². The number of rotatable bonds is 3. The molecule has 0 spiro atoms. The van der Waals surface area contributed by atoms with Gasteiger partial charge in [0.15, 0.2) is 15.0 Å². The molecule has 0 nitrogen and oxygen atoms in total. The average molecular weight is 286 g/mol. The summed E-state index contributed by atoms with van der Waals surface area (Å²) in [7, 11) is -0.0488. The van der Waals surface area contributed by atoms with E-state index in [1.165, 1.54) is 20.6 Å². The summed E-state index contributed by atoms with van der Waals surface area (Å²) < 4.78 is 0. The molecule has 0 radical (unpaired) electrons. The van der Waals surface area contributed by atoms with Crippen LogP contribution in [0.3, 0.4) is 0 Å². The summed E-state index contributed by atoms with van der Waals surface area (Å²) in [4.78, 5) is 2.60. The molecular weight excluding hydrogens is 272 g/mol. The van der Waals surface area contributed by atoms with E-state index in [9.17, 15) is 0 Å². The first-order valence-electron chi connectivity index (χ1n) is 6.19. The molecule has 2 heteroatoms. The second kappa shape index (κ2) is 5.68. The maximum Gasteiger partial charge on any atom is 0.192 e. The van der Waals surface area contributed by atoms with Gasteiger partial charge in [-0.2, -0.15) is 0 Å². The molecule has 0 heterocycles. The fourth-order valence-corrected chi connectivity index (χ4v) is 4.43. The monoisotopic (exact) mass is 285 g/mol. The maximum absolute atomic E-state index is 6.20. The fraction of sp³-hybridized carbons (Fsp3) is 0.0588. The van der Waals surface area contributed by atoms with Gasteiger partial charge in [0.1, 0.15) is 0 Å². The van der Waals surface area contributed by atoms with Gasteiger partial charge in [-0.05, 0) is 35.0 Å². The lowest BCUT2D eigenvalue weighted by atomic mass is 10.1. The van der Waals surface area contributed by atoms with E-state index in [0.717, 1.165) is 0 Å². The minimum absolute atomic E-state index is 0.0488. The third kappa shape index (κ3) is 2.63. The van der Waals surface area contributed by atoms with Crippen LogP contribution in [0.15, 0.2) is 82.6 Å². The molecule has 19 heavy (non-hydrogen) atoms. The third-order valence-corrected chi connectivity index (χ3v) is 5.68. The smallest absolute Gasteiger partial charge is 0.0672 e. The molecule has 0 saturated carbocycles. The van der Waals surface area contributed by atoms with Gasteiger partial charge in [-0.15, -0.1) is 0 Å². The summed E-state index contributed by atoms with van der Waals surface area (Å²) in [5.74, 6) is 0. The van der Waals surface area contributed by atoms with Gasteiger partial charge in [-0.3, -0.25) is 0 Å². The van der Waals surface area contributed by atoms with Crippen molar-refractivity contribution in [2.75, 3.05) is 5.21 Å². The molecule has 0 amide bonds. The zero-order valence-corrected chi connectivity index (χ0v) is 12.0. The molecule has 0 aliphatic heterocycles. The Bertz CT molecular complexity index is 679. The van der Waals surface area contributed by atoms with Gasteiger partial charge >= 0.3 is 0 Å². The molecular formula is C17H14ClS+. The topological polar surface area (TPSA) is 0 Å². The Kier molecular flexibility index (Phi) is 3.77. The van der Waals surface area contributed by atoms with E-state index in [-0.39, 0.29) is 10.9 Å². The summed E-state index contributed by atoms with van der Waals surface area (Å²) in [5.41, 5.74) is 0. The molecule has 3 rings (SSSR count). The van der Waals surface area contributed by atoms with Crippen molar-refractivity contribution < 1.29 is 0 Å². The minimum Gasteiger partial charge on any atom is -0.0672 e. The van der Waals surface area contributed by atoms with Crippen LogP contribution in [0.25, 0.3) is 10.8 Å². The summed E-state index contributed by atoms with van der Waals surface area (Å²) in [6.45, 7) is 0. The van der Waals surface area contributed by atoms with Crippen LogP contribution in [0.4, 0.5) is 0 Å². The summed E-state index contributed by atoms with van der Waals surface area (Å²) in [5, 5.41) is 3.18. The quantitative estimate of drug-likeness (QED) is 0.465. The molecule has 0 aliphatic rings. The Morgan fingerprint density at radius 3 is 2.11 bits per heavy atom. The van der Waals surface area contributed by atoms with Crippen molar-refractivity contribution in [3.8, 4) is 0 Å². The zero-order valence-electron chi connectivity index (χ0n) is 10.4. The van der Waals surface area contributed by atoms with Crippen molar-refractivity contribution in [1.29, 1.82) is 0 Å². The van der Waals surface area contributed by atoms with Crippen molar-refractivity contribution in [3.05, 3.63) is 72.8 Å². The Morgan fingerprint density at radius 2 is 1.37 bits per heavy atom. The Labute approximate surface area is 121 Å². The second-order valence-corrected chi connectivity index (χ2v) is 6.92. The summed E-state index contributed by atoms with van der Waals surface area (Å²) in [6, 6.07) is 25.6. The highest BCUT2D eigenvalue weighted by Crippen LogP contribution is 2.27. The normalized spacial score (nSPS) is 12.5. The van der Waals surface area contributed by atoms with E-state index in [0.29, 0.717) is 5.21 Å². The molecule has 0 saturated heterocycles. The number of hydrogen-bond acceptors (Lipinski definition) is 0. The van der Waals surface area contributed by atoms with Gasteiger partial charge in [-0.1, -0.05) is 54.1 Å². The molecule has 3 aromatic carbocycles. The molecule has 0 N–H and O–H groups in total. The fourth-order valence-electron chi connectivity index (χ4n) is 2.17.